The van der Waals surface area contributed by atoms with E-state index in [2.05, 4.69) is 0 Å². The molecule has 3 nitrogen and oxygen atoms in total. The minimum Gasteiger partial charge on any atom is -0.282 e. The van der Waals surface area contributed by atoms with E-state index in [-0.39, 0.29) is 0 Å². The molecule has 0 bridgehead atoms. The van der Waals surface area contributed by atoms with Crippen LogP contribution in [0.5, 0.6) is 0 Å². The Labute approximate surface area is 68.7 Å². The Morgan fingerprint density at radius 3 is 2.73 bits per heavy atom. The lowest BCUT2D eigenvalue weighted by atomic mass is 10.5. The van der Waals surface area contributed by atoms with E-state index < -0.39 is 10.1 Å². The average molecular weight is 190 g/mol. The van der Waals surface area contributed by atoms with E-state index in [9.17, 15) is 8.42 Å². The molecule has 5 heteroatoms. The molecule has 0 saturated carbocycles. The van der Waals surface area contributed by atoms with Gasteiger partial charge in [-0.1, -0.05) is 6.07 Å². The van der Waals surface area contributed by atoms with Gasteiger partial charge >= 0.3 is 0 Å². The van der Waals surface area contributed by atoms with Gasteiger partial charge in [0.2, 0.25) is 0 Å². The zero-order valence-electron chi connectivity index (χ0n) is 5.47. The van der Waals surface area contributed by atoms with Crippen molar-refractivity contribution in [3.63, 3.8) is 0 Å². The SMILES string of the molecule is O=S(=O)(O)C=Cc1cccs1. The Bertz CT molecular complexity index is 334. The third-order valence-electron chi connectivity index (χ3n) is 0.947. The van der Waals surface area contributed by atoms with Crippen molar-refractivity contribution in [3.05, 3.63) is 27.8 Å². The number of thiophene rings is 1. The van der Waals surface area contributed by atoms with Crippen molar-refractivity contribution >= 4 is 27.5 Å². The summed E-state index contributed by atoms with van der Waals surface area (Å²) in [5.41, 5.74) is 0. The first-order valence-electron chi connectivity index (χ1n) is 2.77. The van der Waals surface area contributed by atoms with Crippen LogP contribution < -0.4 is 0 Å². The highest BCUT2D eigenvalue weighted by Crippen LogP contribution is 2.10. The first-order valence-corrected chi connectivity index (χ1v) is 5.15. The first-order chi connectivity index (χ1) is 5.08. The van der Waals surface area contributed by atoms with E-state index in [4.69, 9.17) is 4.55 Å². The fourth-order valence-electron chi connectivity index (χ4n) is 0.539. The summed E-state index contributed by atoms with van der Waals surface area (Å²) in [6.45, 7) is 0. The van der Waals surface area contributed by atoms with Crippen molar-refractivity contribution in [3.8, 4) is 0 Å². The highest BCUT2D eigenvalue weighted by atomic mass is 32.2. The standard InChI is InChI=1S/C6H6O3S2/c7-11(8,9)5-3-6-2-1-4-10-6/h1-5H,(H,7,8,9). The molecule has 60 valence electrons. The molecule has 0 aromatic carbocycles. The van der Waals surface area contributed by atoms with Gasteiger partial charge in [0.15, 0.2) is 0 Å². The van der Waals surface area contributed by atoms with Crippen molar-refractivity contribution < 1.29 is 13.0 Å². The molecule has 1 rings (SSSR count). The summed E-state index contributed by atoms with van der Waals surface area (Å²) in [5.74, 6) is 0. The van der Waals surface area contributed by atoms with Gasteiger partial charge < -0.3 is 0 Å². The predicted octanol–water partition coefficient (Wildman–Crippen LogP) is 1.61. The number of rotatable bonds is 2. The van der Waals surface area contributed by atoms with Crippen LogP contribution in [0.3, 0.4) is 0 Å². The van der Waals surface area contributed by atoms with Gasteiger partial charge in [-0.3, -0.25) is 4.55 Å². The van der Waals surface area contributed by atoms with Gasteiger partial charge in [-0.15, -0.1) is 11.3 Å². The van der Waals surface area contributed by atoms with Gasteiger partial charge in [-0.05, 0) is 17.5 Å². The lowest BCUT2D eigenvalue weighted by molar-refractivity contribution is 0.494. The molecule has 0 saturated heterocycles. The van der Waals surface area contributed by atoms with Crippen molar-refractivity contribution in [2.24, 2.45) is 0 Å². The lowest BCUT2D eigenvalue weighted by Gasteiger charge is -1.82. The Hall–Kier alpha value is -0.650. The van der Waals surface area contributed by atoms with E-state index >= 15 is 0 Å². The average Bonchev–Trinajstić information content (AvgIpc) is 2.32. The van der Waals surface area contributed by atoms with Crippen molar-refractivity contribution in [2.45, 2.75) is 0 Å². The van der Waals surface area contributed by atoms with Crippen molar-refractivity contribution in [1.29, 1.82) is 0 Å². The van der Waals surface area contributed by atoms with Crippen LogP contribution in [-0.4, -0.2) is 13.0 Å². The highest BCUT2D eigenvalue weighted by Gasteiger charge is 1.95. The molecule has 0 amide bonds. The van der Waals surface area contributed by atoms with Crippen molar-refractivity contribution in [1.82, 2.24) is 0 Å². The van der Waals surface area contributed by atoms with Gasteiger partial charge in [-0.25, -0.2) is 0 Å². The summed E-state index contributed by atoms with van der Waals surface area (Å²) in [6.07, 6.45) is 1.35. The molecule has 0 atom stereocenters. The van der Waals surface area contributed by atoms with E-state index in [1.165, 1.54) is 17.4 Å². The molecule has 11 heavy (non-hydrogen) atoms. The molecule has 0 aliphatic carbocycles. The summed E-state index contributed by atoms with van der Waals surface area (Å²) in [7, 11) is -3.97. The molecule has 0 spiro atoms. The van der Waals surface area contributed by atoms with Crippen LogP contribution >= 0.6 is 11.3 Å². The van der Waals surface area contributed by atoms with E-state index in [1.54, 1.807) is 12.1 Å². The van der Waals surface area contributed by atoms with Crippen LogP contribution in [0.15, 0.2) is 22.9 Å². The summed E-state index contributed by atoms with van der Waals surface area (Å²) in [4.78, 5) is 0.794. The first kappa shape index (κ1) is 8.45. The molecule has 0 aliphatic heterocycles. The van der Waals surface area contributed by atoms with Crippen LogP contribution in [0.1, 0.15) is 4.88 Å². The fourth-order valence-corrected chi connectivity index (χ4v) is 1.56. The van der Waals surface area contributed by atoms with Gasteiger partial charge in [0.05, 0.1) is 5.41 Å². The third-order valence-corrected chi connectivity index (χ3v) is 2.27. The summed E-state index contributed by atoms with van der Waals surface area (Å²) in [6, 6.07) is 3.56. The summed E-state index contributed by atoms with van der Waals surface area (Å²) in [5, 5.41) is 2.59. The molecule has 1 aromatic rings. The molecule has 0 fully saturated rings. The minimum absolute atomic E-state index is 0.763. The van der Waals surface area contributed by atoms with Crippen LogP contribution in [0, 0.1) is 0 Å². The van der Waals surface area contributed by atoms with E-state index in [0.29, 0.717) is 0 Å². The summed E-state index contributed by atoms with van der Waals surface area (Å²) < 4.78 is 28.7. The number of hydrogen-bond donors (Lipinski definition) is 1. The lowest BCUT2D eigenvalue weighted by Crippen LogP contribution is -1.88. The molecule has 0 radical (unpaired) electrons. The van der Waals surface area contributed by atoms with Crippen LogP contribution in [0.25, 0.3) is 6.08 Å². The van der Waals surface area contributed by atoms with Gasteiger partial charge in [0, 0.05) is 4.88 Å². The van der Waals surface area contributed by atoms with Gasteiger partial charge in [-0.2, -0.15) is 8.42 Å². The maximum atomic E-state index is 10.2. The Kier molecular flexibility index (Phi) is 2.43. The predicted molar refractivity (Wildman–Crippen MR) is 44.9 cm³/mol. The zero-order valence-corrected chi connectivity index (χ0v) is 7.10. The molecular weight excluding hydrogens is 184 g/mol. The monoisotopic (exact) mass is 190 g/mol. The molecular formula is C6H6O3S2. The second-order valence-electron chi connectivity index (χ2n) is 1.83. The van der Waals surface area contributed by atoms with Crippen LogP contribution in [0.2, 0.25) is 0 Å². The summed E-state index contributed by atoms with van der Waals surface area (Å²) >= 11 is 1.40. The van der Waals surface area contributed by atoms with Gasteiger partial charge in [0.1, 0.15) is 0 Å². The Balaban J connectivity index is 2.79. The van der Waals surface area contributed by atoms with Gasteiger partial charge in [0.25, 0.3) is 10.1 Å². The fraction of sp³-hybridized carbons (Fsp3) is 0. The second-order valence-corrected chi connectivity index (χ2v) is 4.11. The maximum Gasteiger partial charge on any atom is 0.287 e. The second kappa shape index (κ2) is 3.17. The van der Waals surface area contributed by atoms with Crippen molar-refractivity contribution in [2.75, 3.05) is 0 Å². The van der Waals surface area contributed by atoms with E-state index in [0.717, 1.165) is 10.3 Å². The maximum absolute atomic E-state index is 10.2. The molecule has 1 heterocycles. The normalized spacial score (nSPS) is 12.5. The highest BCUT2D eigenvalue weighted by molar-refractivity contribution is 7.88. The van der Waals surface area contributed by atoms with E-state index in [1.807, 2.05) is 5.38 Å². The quantitative estimate of drug-likeness (QED) is 0.721. The smallest absolute Gasteiger partial charge is 0.282 e. The third kappa shape index (κ3) is 3.31. The molecule has 0 aliphatic rings. The van der Waals surface area contributed by atoms with Crippen LogP contribution in [0.4, 0.5) is 0 Å². The molecule has 1 aromatic heterocycles. The zero-order chi connectivity index (χ0) is 8.32. The Morgan fingerprint density at radius 2 is 2.27 bits per heavy atom. The Morgan fingerprint density at radius 1 is 1.55 bits per heavy atom. The topological polar surface area (TPSA) is 54.4 Å². The number of hydrogen-bond acceptors (Lipinski definition) is 3. The van der Waals surface area contributed by atoms with Crippen LogP contribution in [-0.2, 0) is 10.1 Å². The molecule has 1 N–H and O–H groups in total. The minimum atomic E-state index is -3.97. The molecule has 0 unspecified atom stereocenters. The largest absolute Gasteiger partial charge is 0.287 e.